The Hall–Kier alpha value is -3.49. The van der Waals surface area contributed by atoms with Crippen LogP contribution in [-0.4, -0.2) is 24.7 Å². The molecule has 0 radical (unpaired) electrons. The van der Waals surface area contributed by atoms with Gasteiger partial charge in [-0.3, -0.25) is 9.55 Å². The van der Waals surface area contributed by atoms with Crippen LogP contribution < -0.4 is 5.32 Å². The van der Waals surface area contributed by atoms with E-state index in [4.69, 9.17) is 4.98 Å². The van der Waals surface area contributed by atoms with E-state index in [1.807, 2.05) is 66.9 Å². The number of nitrogens with zero attached hydrogens (tertiary/aromatic N) is 5. The Morgan fingerprint density at radius 3 is 2.50 bits per heavy atom. The summed E-state index contributed by atoms with van der Waals surface area (Å²) < 4.78 is 2.15. The van der Waals surface area contributed by atoms with Crippen LogP contribution in [-0.2, 0) is 12.3 Å². The summed E-state index contributed by atoms with van der Waals surface area (Å²) in [7, 11) is 0. The molecular weight excluding hydrogens is 436 g/mol. The summed E-state index contributed by atoms with van der Waals surface area (Å²) in [5.74, 6) is 1.53. The van der Waals surface area contributed by atoms with E-state index in [-0.39, 0.29) is 0 Å². The van der Waals surface area contributed by atoms with Crippen molar-refractivity contribution in [3.05, 3.63) is 102 Å². The number of rotatable bonds is 8. The Kier molecular flexibility index (Phi) is 6.23. The molecule has 0 amide bonds. The normalized spacial score (nSPS) is 10.9. The molecule has 32 heavy (non-hydrogen) atoms. The Balaban J connectivity index is 1.35. The van der Waals surface area contributed by atoms with Crippen molar-refractivity contribution in [3.8, 4) is 11.4 Å². The first-order valence-corrected chi connectivity index (χ1v) is 12.0. The van der Waals surface area contributed by atoms with Crippen LogP contribution in [0.2, 0.25) is 0 Å². The minimum Gasteiger partial charge on any atom is -0.332 e. The van der Waals surface area contributed by atoms with Crippen LogP contribution in [0.3, 0.4) is 0 Å². The molecule has 0 aliphatic carbocycles. The van der Waals surface area contributed by atoms with Gasteiger partial charge in [0, 0.05) is 34.8 Å². The van der Waals surface area contributed by atoms with Gasteiger partial charge in [0.05, 0.1) is 12.2 Å². The monoisotopic (exact) mass is 456 g/mol. The second-order valence-corrected chi connectivity index (χ2v) is 8.84. The molecule has 5 rings (SSSR count). The van der Waals surface area contributed by atoms with Crippen molar-refractivity contribution in [3.63, 3.8) is 0 Å². The van der Waals surface area contributed by atoms with Gasteiger partial charge in [-0.25, -0.2) is 4.98 Å². The van der Waals surface area contributed by atoms with Gasteiger partial charge in [-0.1, -0.05) is 60.3 Å². The fourth-order valence-electron chi connectivity index (χ4n) is 3.23. The first-order valence-electron chi connectivity index (χ1n) is 10.1. The van der Waals surface area contributed by atoms with Crippen molar-refractivity contribution >= 4 is 33.9 Å². The SMILES string of the molecule is c1ccc(Cn2c(SCc3csc(Nc4ccccc4)n3)nnc2-c2cccnc2)cc1. The third-order valence-electron chi connectivity index (χ3n) is 4.75. The maximum Gasteiger partial charge on any atom is 0.192 e. The first-order chi connectivity index (χ1) is 15.8. The molecule has 3 aromatic heterocycles. The first kappa shape index (κ1) is 20.4. The van der Waals surface area contributed by atoms with Crippen molar-refractivity contribution in [2.75, 3.05) is 5.32 Å². The Morgan fingerprint density at radius 2 is 1.72 bits per heavy atom. The Labute approximate surface area is 194 Å². The maximum atomic E-state index is 4.72. The minimum absolute atomic E-state index is 0.693. The maximum absolute atomic E-state index is 4.72. The summed E-state index contributed by atoms with van der Waals surface area (Å²) in [6, 6.07) is 24.3. The molecule has 6 nitrogen and oxygen atoms in total. The molecule has 158 valence electrons. The highest BCUT2D eigenvalue weighted by Crippen LogP contribution is 2.29. The summed E-state index contributed by atoms with van der Waals surface area (Å²) in [5, 5.41) is 16.1. The molecule has 0 bridgehead atoms. The lowest BCUT2D eigenvalue weighted by atomic mass is 10.2. The fourth-order valence-corrected chi connectivity index (χ4v) is 4.89. The molecule has 0 atom stereocenters. The van der Waals surface area contributed by atoms with Gasteiger partial charge in [0.2, 0.25) is 0 Å². The van der Waals surface area contributed by atoms with Crippen molar-refractivity contribution in [1.82, 2.24) is 24.7 Å². The van der Waals surface area contributed by atoms with Crippen LogP contribution in [0.1, 0.15) is 11.3 Å². The molecule has 1 N–H and O–H groups in total. The van der Waals surface area contributed by atoms with Crippen LogP contribution in [0.25, 0.3) is 11.4 Å². The second-order valence-electron chi connectivity index (χ2n) is 7.04. The summed E-state index contributed by atoms with van der Waals surface area (Å²) >= 11 is 3.24. The van der Waals surface area contributed by atoms with Gasteiger partial charge >= 0.3 is 0 Å². The highest BCUT2D eigenvalue weighted by molar-refractivity contribution is 7.98. The second kappa shape index (κ2) is 9.76. The predicted molar refractivity (Wildman–Crippen MR) is 130 cm³/mol. The quantitative estimate of drug-likeness (QED) is 0.294. The van der Waals surface area contributed by atoms with Crippen LogP contribution in [0.5, 0.6) is 0 Å². The van der Waals surface area contributed by atoms with Crippen LogP contribution in [0.4, 0.5) is 10.8 Å². The van der Waals surface area contributed by atoms with E-state index in [0.29, 0.717) is 12.3 Å². The number of anilines is 2. The summed E-state index contributed by atoms with van der Waals surface area (Å²) in [4.78, 5) is 8.96. The molecule has 8 heteroatoms. The van der Waals surface area contributed by atoms with Crippen LogP contribution in [0.15, 0.2) is 95.7 Å². The summed E-state index contributed by atoms with van der Waals surface area (Å²) in [6.07, 6.45) is 3.59. The Morgan fingerprint density at radius 1 is 0.906 bits per heavy atom. The van der Waals surface area contributed by atoms with Gasteiger partial charge in [-0.05, 0) is 29.8 Å². The Bertz CT molecular complexity index is 1270. The zero-order chi connectivity index (χ0) is 21.6. The highest BCUT2D eigenvalue weighted by Gasteiger charge is 2.16. The smallest absolute Gasteiger partial charge is 0.192 e. The van der Waals surface area contributed by atoms with E-state index in [1.54, 1.807) is 29.3 Å². The van der Waals surface area contributed by atoms with Crippen LogP contribution >= 0.6 is 23.1 Å². The van der Waals surface area contributed by atoms with E-state index in [9.17, 15) is 0 Å². The topological polar surface area (TPSA) is 68.5 Å². The zero-order valence-corrected chi connectivity index (χ0v) is 18.8. The van der Waals surface area contributed by atoms with Crippen LogP contribution in [0, 0.1) is 0 Å². The number of aromatic nitrogens is 5. The van der Waals surface area contributed by atoms with Crippen molar-refractivity contribution < 1.29 is 0 Å². The van der Waals surface area contributed by atoms with E-state index in [0.717, 1.165) is 33.1 Å². The number of pyridine rings is 1. The number of nitrogens with one attached hydrogen (secondary N) is 1. The standard InChI is InChI=1S/C24H20N6S2/c1-3-8-18(9-4-1)15-30-22(19-10-7-13-25-14-19)28-29-24(30)32-17-21-16-31-23(27-21)26-20-11-5-2-6-12-20/h1-14,16H,15,17H2,(H,26,27). The number of hydrogen-bond donors (Lipinski definition) is 1. The molecule has 2 aromatic carbocycles. The summed E-state index contributed by atoms with van der Waals surface area (Å²) in [6.45, 7) is 0.693. The molecule has 0 fully saturated rings. The third-order valence-corrected chi connectivity index (χ3v) is 6.55. The van der Waals surface area contributed by atoms with E-state index >= 15 is 0 Å². The van der Waals surface area contributed by atoms with Crippen molar-refractivity contribution in [2.24, 2.45) is 0 Å². The molecule has 0 saturated heterocycles. The molecule has 0 aliphatic heterocycles. The lowest BCUT2D eigenvalue weighted by Gasteiger charge is -2.10. The molecular formula is C24H20N6S2. The third kappa shape index (κ3) is 4.87. The average molecular weight is 457 g/mol. The highest BCUT2D eigenvalue weighted by atomic mass is 32.2. The minimum atomic E-state index is 0.693. The lowest BCUT2D eigenvalue weighted by molar-refractivity contribution is 0.714. The number of thioether (sulfide) groups is 1. The summed E-state index contributed by atoms with van der Waals surface area (Å²) in [5.41, 5.74) is 4.19. The molecule has 0 spiro atoms. The number of benzene rings is 2. The fraction of sp³-hybridized carbons (Fsp3) is 0.0833. The molecule has 3 heterocycles. The van der Waals surface area contributed by atoms with E-state index < -0.39 is 0 Å². The zero-order valence-electron chi connectivity index (χ0n) is 17.1. The van der Waals surface area contributed by atoms with Crippen molar-refractivity contribution in [1.29, 1.82) is 0 Å². The van der Waals surface area contributed by atoms with Gasteiger partial charge in [0.15, 0.2) is 16.1 Å². The molecule has 0 saturated carbocycles. The largest absolute Gasteiger partial charge is 0.332 e. The molecule has 0 aliphatic rings. The van der Waals surface area contributed by atoms with Gasteiger partial charge in [0.25, 0.3) is 0 Å². The number of thiazole rings is 1. The molecule has 0 unspecified atom stereocenters. The van der Waals surface area contributed by atoms with Crippen molar-refractivity contribution in [2.45, 2.75) is 17.5 Å². The van der Waals surface area contributed by atoms with Gasteiger partial charge in [-0.15, -0.1) is 21.5 Å². The van der Waals surface area contributed by atoms with E-state index in [2.05, 4.69) is 42.6 Å². The number of para-hydroxylation sites is 1. The average Bonchev–Trinajstić information content (AvgIpc) is 3.46. The number of hydrogen-bond acceptors (Lipinski definition) is 7. The van der Waals surface area contributed by atoms with E-state index in [1.165, 1.54) is 5.56 Å². The van der Waals surface area contributed by atoms with Gasteiger partial charge in [-0.2, -0.15) is 0 Å². The lowest BCUT2D eigenvalue weighted by Crippen LogP contribution is -2.04. The molecule has 5 aromatic rings. The van der Waals surface area contributed by atoms with Gasteiger partial charge in [0.1, 0.15) is 0 Å². The van der Waals surface area contributed by atoms with Gasteiger partial charge < -0.3 is 5.32 Å². The predicted octanol–water partition coefficient (Wildman–Crippen LogP) is 5.88.